The lowest BCUT2D eigenvalue weighted by molar-refractivity contribution is -0.141. The molecule has 0 spiro atoms. The molecule has 2 aromatic carbocycles. The van der Waals surface area contributed by atoms with Crippen LogP contribution in [-0.4, -0.2) is 46.1 Å². The first kappa shape index (κ1) is 30.7. The van der Waals surface area contributed by atoms with E-state index in [0.717, 1.165) is 18.4 Å². The Kier molecular flexibility index (Phi) is 11.2. The number of unbranched alkanes of at least 4 members (excludes halogenated alkanes) is 2. The van der Waals surface area contributed by atoms with Crippen LogP contribution in [-0.2, 0) is 14.3 Å². The SMILES string of the molecule is CCCCCN(C(=O)C(NC(=O)OC(C)(C)C)C(C)C)C(C(=O)Nc1ccccc1C)c1ccccc1O. The number of aromatic hydroxyl groups is 1. The van der Waals surface area contributed by atoms with Crippen molar-refractivity contribution in [1.82, 2.24) is 10.2 Å². The van der Waals surface area contributed by atoms with Crippen LogP contribution < -0.4 is 10.6 Å². The van der Waals surface area contributed by atoms with Gasteiger partial charge in [0.1, 0.15) is 23.4 Å². The van der Waals surface area contributed by atoms with Gasteiger partial charge in [-0.05, 0) is 57.7 Å². The van der Waals surface area contributed by atoms with Crippen molar-refractivity contribution in [1.29, 1.82) is 0 Å². The summed E-state index contributed by atoms with van der Waals surface area (Å²) in [5.74, 6) is -1.25. The highest BCUT2D eigenvalue weighted by Crippen LogP contribution is 2.32. The van der Waals surface area contributed by atoms with Crippen LogP contribution >= 0.6 is 0 Å². The zero-order valence-electron chi connectivity index (χ0n) is 23.7. The van der Waals surface area contributed by atoms with Gasteiger partial charge in [-0.25, -0.2) is 4.79 Å². The van der Waals surface area contributed by atoms with E-state index in [2.05, 4.69) is 17.6 Å². The van der Waals surface area contributed by atoms with Gasteiger partial charge < -0.3 is 25.4 Å². The monoisotopic (exact) mass is 525 g/mol. The van der Waals surface area contributed by atoms with Crippen molar-refractivity contribution in [2.75, 3.05) is 11.9 Å². The highest BCUT2D eigenvalue weighted by Gasteiger charge is 2.38. The third-order valence-corrected chi connectivity index (χ3v) is 6.08. The predicted molar refractivity (Wildman–Crippen MR) is 150 cm³/mol. The normalized spacial score (nSPS) is 12.9. The first-order valence-corrected chi connectivity index (χ1v) is 13.3. The van der Waals surface area contributed by atoms with Crippen molar-refractivity contribution >= 4 is 23.6 Å². The number of ether oxygens (including phenoxy) is 1. The molecule has 0 saturated heterocycles. The number of para-hydroxylation sites is 2. The molecule has 0 radical (unpaired) electrons. The van der Waals surface area contributed by atoms with Crippen LogP contribution in [0.5, 0.6) is 5.75 Å². The van der Waals surface area contributed by atoms with E-state index in [0.29, 0.717) is 17.7 Å². The second kappa shape index (κ2) is 13.8. The summed E-state index contributed by atoms with van der Waals surface area (Å²) in [5.41, 5.74) is 1.06. The van der Waals surface area contributed by atoms with Crippen LogP contribution in [0.25, 0.3) is 0 Å². The largest absolute Gasteiger partial charge is 0.508 e. The molecule has 0 saturated carbocycles. The van der Waals surface area contributed by atoms with E-state index in [-0.39, 0.29) is 18.2 Å². The summed E-state index contributed by atoms with van der Waals surface area (Å²) >= 11 is 0. The Balaban J connectivity index is 2.54. The Hall–Kier alpha value is -3.55. The van der Waals surface area contributed by atoms with Crippen molar-refractivity contribution in [3.05, 3.63) is 59.7 Å². The van der Waals surface area contributed by atoms with Crippen LogP contribution in [0.15, 0.2) is 48.5 Å². The summed E-state index contributed by atoms with van der Waals surface area (Å²) in [6.07, 6.45) is 1.72. The number of benzene rings is 2. The van der Waals surface area contributed by atoms with E-state index in [1.54, 1.807) is 45.0 Å². The average molecular weight is 526 g/mol. The fourth-order valence-corrected chi connectivity index (χ4v) is 4.11. The molecule has 2 atom stereocenters. The number of aryl methyl sites for hydroxylation is 1. The van der Waals surface area contributed by atoms with Crippen molar-refractivity contribution in [3.63, 3.8) is 0 Å². The van der Waals surface area contributed by atoms with Crippen LogP contribution in [0.4, 0.5) is 10.5 Å². The number of rotatable bonds is 11. The molecule has 0 aliphatic rings. The molecule has 2 unspecified atom stereocenters. The van der Waals surface area contributed by atoms with Crippen molar-refractivity contribution < 1.29 is 24.2 Å². The van der Waals surface area contributed by atoms with Gasteiger partial charge in [-0.2, -0.15) is 0 Å². The van der Waals surface area contributed by atoms with Gasteiger partial charge in [0.25, 0.3) is 5.91 Å². The molecular weight excluding hydrogens is 482 g/mol. The highest BCUT2D eigenvalue weighted by atomic mass is 16.6. The minimum Gasteiger partial charge on any atom is -0.508 e. The molecule has 8 nitrogen and oxygen atoms in total. The van der Waals surface area contributed by atoms with Gasteiger partial charge >= 0.3 is 6.09 Å². The molecule has 0 aromatic heterocycles. The van der Waals surface area contributed by atoms with E-state index in [1.807, 2.05) is 39.0 Å². The van der Waals surface area contributed by atoms with Crippen LogP contribution in [0, 0.1) is 12.8 Å². The number of phenolic OH excluding ortho intramolecular Hbond substituents is 1. The van der Waals surface area contributed by atoms with Gasteiger partial charge in [0.05, 0.1) is 0 Å². The molecule has 3 N–H and O–H groups in total. The molecule has 2 aromatic rings. The second-order valence-electron chi connectivity index (χ2n) is 10.9. The summed E-state index contributed by atoms with van der Waals surface area (Å²) < 4.78 is 5.41. The zero-order valence-corrected chi connectivity index (χ0v) is 23.7. The van der Waals surface area contributed by atoms with Crippen molar-refractivity contribution in [3.8, 4) is 5.75 Å². The zero-order chi connectivity index (χ0) is 28.5. The lowest BCUT2D eigenvalue weighted by atomic mass is 9.97. The molecule has 8 heteroatoms. The lowest BCUT2D eigenvalue weighted by Crippen LogP contribution is -2.54. The van der Waals surface area contributed by atoms with Gasteiger partial charge in [-0.15, -0.1) is 0 Å². The number of hydrogen-bond donors (Lipinski definition) is 3. The lowest BCUT2D eigenvalue weighted by Gasteiger charge is -2.36. The van der Waals surface area contributed by atoms with Gasteiger partial charge in [0.15, 0.2) is 0 Å². The molecule has 0 aliphatic heterocycles. The number of carbonyl (C=O) groups is 3. The fraction of sp³-hybridized carbons (Fsp3) is 0.500. The number of anilines is 1. The minimum atomic E-state index is -1.12. The molecule has 0 bridgehead atoms. The van der Waals surface area contributed by atoms with E-state index in [1.165, 1.54) is 11.0 Å². The Labute approximate surface area is 226 Å². The molecular formula is C30H43N3O5. The van der Waals surface area contributed by atoms with Crippen molar-refractivity contribution in [2.45, 2.75) is 85.4 Å². The van der Waals surface area contributed by atoms with Crippen molar-refractivity contribution in [2.24, 2.45) is 5.92 Å². The van der Waals surface area contributed by atoms with Gasteiger partial charge in [0.2, 0.25) is 5.91 Å². The number of carbonyl (C=O) groups excluding carboxylic acids is 3. The molecule has 0 fully saturated rings. The van der Waals surface area contributed by atoms with E-state index < -0.39 is 35.6 Å². The van der Waals surface area contributed by atoms with Gasteiger partial charge in [-0.1, -0.05) is 70.0 Å². The summed E-state index contributed by atoms with van der Waals surface area (Å²) in [6, 6.07) is 11.8. The molecule has 3 amide bonds. The summed E-state index contributed by atoms with van der Waals surface area (Å²) in [7, 11) is 0. The van der Waals surface area contributed by atoms with Crippen LogP contribution in [0.1, 0.15) is 78.0 Å². The van der Waals surface area contributed by atoms with Gasteiger partial charge in [0, 0.05) is 17.8 Å². The number of phenols is 1. The number of alkyl carbamates (subject to hydrolysis) is 1. The fourth-order valence-electron chi connectivity index (χ4n) is 4.11. The van der Waals surface area contributed by atoms with E-state index >= 15 is 0 Å². The quantitative estimate of drug-likeness (QED) is 0.314. The number of hydrogen-bond acceptors (Lipinski definition) is 5. The Morgan fingerprint density at radius 2 is 1.63 bits per heavy atom. The smallest absolute Gasteiger partial charge is 0.408 e. The topological polar surface area (TPSA) is 108 Å². The maximum Gasteiger partial charge on any atom is 0.408 e. The Morgan fingerprint density at radius 1 is 1.00 bits per heavy atom. The average Bonchev–Trinajstić information content (AvgIpc) is 2.82. The maximum atomic E-state index is 14.1. The molecule has 38 heavy (non-hydrogen) atoms. The third-order valence-electron chi connectivity index (χ3n) is 6.08. The first-order valence-electron chi connectivity index (χ1n) is 13.3. The predicted octanol–water partition coefficient (Wildman–Crippen LogP) is 5.95. The Bertz CT molecular complexity index is 1090. The Morgan fingerprint density at radius 3 is 2.21 bits per heavy atom. The van der Waals surface area contributed by atoms with E-state index in [9.17, 15) is 19.5 Å². The number of amides is 3. The first-order chi connectivity index (χ1) is 17.9. The second-order valence-corrected chi connectivity index (χ2v) is 10.9. The molecule has 0 aliphatic carbocycles. The maximum absolute atomic E-state index is 14.1. The standard InChI is InChI=1S/C30H43N3O5/c1-8-9-14-19-33(28(36)25(20(2)3)32-29(37)38-30(5,6)7)26(22-16-11-13-18-24(22)34)27(35)31-23-17-12-10-15-21(23)4/h10-13,15-18,20,25-26,34H,8-9,14,19H2,1-7H3,(H,31,35)(H,32,37). The summed E-state index contributed by atoms with van der Waals surface area (Å²) in [6.45, 7) is 13.1. The van der Waals surface area contributed by atoms with E-state index in [4.69, 9.17) is 4.74 Å². The molecule has 2 rings (SSSR count). The number of nitrogens with one attached hydrogen (secondary N) is 2. The highest BCUT2D eigenvalue weighted by molar-refractivity contribution is 5.99. The minimum absolute atomic E-state index is 0.0908. The summed E-state index contributed by atoms with van der Waals surface area (Å²) in [5, 5.41) is 16.4. The van der Waals surface area contributed by atoms with Crippen LogP contribution in [0.2, 0.25) is 0 Å². The third kappa shape index (κ3) is 8.78. The van der Waals surface area contributed by atoms with Crippen LogP contribution in [0.3, 0.4) is 0 Å². The number of nitrogens with zero attached hydrogens (tertiary/aromatic N) is 1. The molecule has 0 heterocycles. The van der Waals surface area contributed by atoms with Gasteiger partial charge in [-0.3, -0.25) is 9.59 Å². The summed E-state index contributed by atoms with van der Waals surface area (Å²) in [4.78, 5) is 42.1. The molecule has 208 valence electrons.